The summed E-state index contributed by atoms with van der Waals surface area (Å²) in [5.74, 6) is 0.101. The topological polar surface area (TPSA) is 44.4 Å². The Labute approximate surface area is 202 Å². The number of amides is 1. The average molecular weight is 462 g/mol. The van der Waals surface area contributed by atoms with Crippen molar-refractivity contribution >= 4 is 17.5 Å². The Hall–Kier alpha value is -2.66. The van der Waals surface area contributed by atoms with Gasteiger partial charge < -0.3 is 10.6 Å². The number of carbonyl (C=O) groups is 1. The Morgan fingerprint density at radius 1 is 0.970 bits per heavy atom. The molecule has 172 valence electrons. The van der Waals surface area contributed by atoms with Crippen LogP contribution in [0.25, 0.3) is 11.1 Å². The van der Waals surface area contributed by atoms with Gasteiger partial charge in [0.25, 0.3) is 0 Å². The summed E-state index contributed by atoms with van der Waals surface area (Å²) in [5.41, 5.74) is 4.81. The summed E-state index contributed by atoms with van der Waals surface area (Å²) in [6.45, 7) is 6.32. The Morgan fingerprint density at radius 3 is 2.39 bits per heavy atom. The van der Waals surface area contributed by atoms with E-state index >= 15 is 0 Å². The second-order valence-electron chi connectivity index (χ2n) is 9.11. The smallest absolute Gasteiger partial charge is 0.237 e. The maximum absolute atomic E-state index is 12.9. The van der Waals surface area contributed by atoms with E-state index < -0.39 is 0 Å². The quantitative estimate of drug-likeness (QED) is 0.480. The van der Waals surface area contributed by atoms with Gasteiger partial charge in [-0.3, -0.25) is 9.69 Å². The van der Waals surface area contributed by atoms with Gasteiger partial charge in [0.1, 0.15) is 0 Å². The number of nitrogens with zero attached hydrogens (tertiary/aromatic N) is 1. The van der Waals surface area contributed by atoms with Crippen LogP contribution in [0.5, 0.6) is 0 Å². The molecule has 0 radical (unpaired) electrons. The molecule has 0 saturated carbocycles. The van der Waals surface area contributed by atoms with Crippen molar-refractivity contribution in [2.75, 3.05) is 6.54 Å². The first-order valence-electron chi connectivity index (χ1n) is 11.6. The van der Waals surface area contributed by atoms with E-state index in [1.165, 1.54) is 16.7 Å². The van der Waals surface area contributed by atoms with Crippen LogP contribution in [-0.2, 0) is 17.9 Å². The molecule has 0 spiro atoms. The standard InChI is InChI=1S/C28H32ClN3O/c1-20(2)31-28(33)27-16-26(19-32(27)18-22-7-6-10-25(29)15-22)30-17-21-11-13-24(14-12-21)23-8-4-3-5-9-23/h3-15,20,26-27,30H,16-19H2,1-2H3,(H,31,33)/t26-,27+/m1/s1. The second-order valence-corrected chi connectivity index (χ2v) is 9.55. The van der Waals surface area contributed by atoms with E-state index in [-0.39, 0.29) is 24.0 Å². The molecular formula is C28H32ClN3O. The molecule has 33 heavy (non-hydrogen) atoms. The van der Waals surface area contributed by atoms with Gasteiger partial charge in [0.15, 0.2) is 0 Å². The molecule has 3 aromatic rings. The lowest BCUT2D eigenvalue weighted by molar-refractivity contribution is -0.126. The van der Waals surface area contributed by atoms with Gasteiger partial charge >= 0.3 is 0 Å². The highest BCUT2D eigenvalue weighted by Gasteiger charge is 2.36. The normalized spacial score (nSPS) is 18.5. The molecule has 1 fully saturated rings. The summed E-state index contributed by atoms with van der Waals surface area (Å²) >= 11 is 6.18. The van der Waals surface area contributed by atoms with Crippen LogP contribution in [0, 0.1) is 0 Å². The molecule has 1 aliphatic rings. The Balaban J connectivity index is 1.39. The largest absolute Gasteiger partial charge is 0.353 e. The molecule has 4 nitrogen and oxygen atoms in total. The van der Waals surface area contributed by atoms with Crippen LogP contribution in [0.4, 0.5) is 0 Å². The summed E-state index contributed by atoms with van der Waals surface area (Å²) in [5, 5.41) is 7.49. The molecule has 1 heterocycles. The van der Waals surface area contributed by atoms with E-state index in [9.17, 15) is 4.79 Å². The highest BCUT2D eigenvalue weighted by molar-refractivity contribution is 6.30. The first-order valence-corrected chi connectivity index (χ1v) is 12.0. The summed E-state index contributed by atoms with van der Waals surface area (Å²) < 4.78 is 0. The Kier molecular flexibility index (Phi) is 7.81. The molecule has 0 aliphatic carbocycles. The molecule has 0 bridgehead atoms. The lowest BCUT2D eigenvalue weighted by Crippen LogP contribution is -2.45. The van der Waals surface area contributed by atoms with Gasteiger partial charge in [-0.2, -0.15) is 0 Å². The molecule has 5 heteroatoms. The maximum atomic E-state index is 12.9. The van der Waals surface area contributed by atoms with E-state index in [1.54, 1.807) is 0 Å². The number of likely N-dealkylation sites (tertiary alicyclic amines) is 1. The number of nitrogens with one attached hydrogen (secondary N) is 2. The minimum atomic E-state index is -0.149. The molecule has 1 saturated heterocycles. The second kappa shape index (κ2) is 11.0. The number of hydrogen-bond donors (Lipinski definition) is 2. The Morgan fingerprint density at radius 2 is 1.70 bits per heavy atom. The van der Waals surface area contributed by atoms with Crippen LogP contribution in [0.15, 0.2) is 78.9 Å². The zero-order chi connectivity index (χ0) is 23.2. The van der Waals surface area contributed by atoms with E-state index in [1.807, 2.05) is 38.1 Å². The van der Waals surface area contributed by atoms with E-state index in [2.05, 4.69) is 70.1 Å². The van der Waals surface area contributed by atoms with Crippen molar-refractivity contribution in [2.45, 2.75) is 51.5 Å². The maximum Gasteiger partial charge on any atom is 0.237 e. The van der Waals surface area contributed by atoms with Crippen LogP contribution < -0.4 is 10.6 Å². The van der Waals surface area contributed by atoms with Crippen LogP contribution in [-0.4, -0.2) is 35.5 Å². The number of rotatable bonds is 8. The zero-order valence-corrected chi connectivity index (χ0v) is 20.1. The van der Waals surface area contributed by atoms with E-state index in [4.69, 9.17) is 11.6 Å². The SMILES string of the molecule is CC(C)NC(=O)[C@@H]1C[C@@H](NCc2ccc(-c3ccccc3)cc2)CN1Cc1cccc(Cl)c1. The van der Waals surface area contributed by atoms with Crippen LogP contribution >= 0.6 is 11.6 Å². The summed E-state index contributed by atoms with van der Waals surface area (Å²) in [6.07, 6.45) is 0.793. The van der Waals surface area contributed by atoms with Crippen LogP contribution in [0.3, 0.4) is 0 Å². The molecule has 3 aromatic carbocycles. The molecular weight excluding hydrogens is 430 g/mol. The van der Waals surface area contributed by atoms with Crippen LogP contribution in [0.1, 0.15) is 31.4 Å². The van der Waals surface area contributed by atoms with Crippen molar-refractivity contribution in [1.82, 2.24) is 15.5 Å². The number of carbonyl (C=O) groups excluding carboxylic acids is 1. The monoisotopic (exact) mass is 461 g/mol. The fourth-order valence-electron chi connectivity index (χ4n) is 4.46. The lowest BCUT2D eigenvalue weighted by atomic mass is 10.0. The van der Waals surface area contributed by atoms with Gasteiger partial charge in [0.05, 0.1) is 6.04 Å². The van der Waals surface area contributed by atoms with Crippen molar-refractivity contribution in [3.63, 3.8) is 0 Å². The molecule has 2 N–H and O–H groups in total. The minimum absolute atomic E-state index is 0.101. The number of halogens is 1. The predicted molar refractivity (Wildman–Crippen MR) is 136 cm³/mol. The highest BCUT2D eigenvalue weighted by Crippen LogP contribution is 2.23. The van der Waals surface area contributed by atoms with Crippen molar-refractivity contribution in [1.29, 1.82) is 0 Å². The lowest BCUT2D eigenvalue weighted by Gasteiger charge is -2.24. The highest BCUT2D eigenvalue weighted by atomic mass is 35.5. The van der Waals surface area contributed by atoms with Gasteiger partial charge in [0, 0.05) is 36.7 Å². The third-order valence-corrected chi connectivity index (χ3v) is 6.30. The fraction of sp³-hybridized carbons (Fsp3) is 0.321. The molecule has 2 atom stereocenters. The number of benzene rings is 3. The van der Waals surface area contributed by atoms with Crippen molar-refractivity contribution in [3.8, 4) is 11.1 Å². The van der Waals surface area contributed by atoms with Gasteiger partial charge in [-0.1, -0.05) is 78.3 Å². The first-order chi connectivity index (χ1) is 16.0. The number of hydrogen-bond acceptors (Lipinski definition) is 3. The van der Waals surface area contributed by atoms with Crippen molar-refractivity contribution in [3.05, 3.63) is 95.0 Å². The molecule has 0 unspecified atom stereocenters. The van der Waals surface area contributed by atoms with E-state index in [0.717, 1.165) is 30.1 Å². The third kappa shape index (κ3) is 6.44. The predicted octanol–water partition coefficient (Wildman–Crippen LogP) is 5.26. The molecule has 4 rings (SSSR count). The van der Waals surface area contributed by atoms with Gasteiger partial charge in [0.2, 0.25) is 5.91 Å². The van der Waals surface area contributed by atoms with Gasteiger partial charge in [-0.05, 0) is 54.7 Å². The molecule has 1 aliphatic heterocycles. The fourth-order valence-corrected chi connectivity index (χ4v) is 4.67. The molecule has 1 amide bonds. The van der Waals surface area contributed by atoms with Crippen LogP contribution in [0.2, 0.25) is 5.02 Å². The summed E-state index contributed by atoms with van der Waals surface area (Å²) in [4.78, 5) is 15.2. The van der Waals surface area contributed by atoms with Gasteiger partial charge in [-0.25, -0.2) is 0 Å². The van der Waals surface area contributed by atoms with E-state index in [0.29, 0.717) is 6.54 Å². The van der Waals surface area contributed by atoms with Crippen molar-refractivity contribution in [2.24, 2.45) is 0 Å². The summed E-state index contributed by atoms with van der Waals surface area (Å²) in [6, 6.07) is 27.2. The third-order valence-electron chi connectivity index (χ3n) is 6.07. The van der Waals surface area contributed by atoms with Gasteiger partial charge in [-0.15, -0.1) is 0 Å². The molecule has 0 aromatic heterocycles. The van der Waals surface area contributed by atoms with Crippen molar-refractivity contribution < 1.29 is 4.79 Å². The zero-order valence-electron chi connectivity index (χ0n) is 19.3. The Bertz CT molecular complexity index is 1050. The summed E-state index contributed by atoms with van der Waals surface area (Å²) in [7, 11) is 0. The first kappa shape index (κ1) is 23.5. The minimum Gasteiger partial charge on any atom is -0.353 e. The average Bonchev–Trinajstić information content (AvgIpc) is 3.21.